The Labute approximate surface area is 156 Å². The van der Waals surface area contributed by atoms with E-state index in [1.165, 1.54) is 41.4 Å². The SMILES string of the molecule is O=C(COC(=O)c1cncn1-c1ccc(F)cc1)Nc1ccccc1Br. The van der Waals surface area contributed by atoms with E-state index in [0.717, 1.165) is 0 Å². The van der Waals surface area contributed by atoms with Gasteiger partial charge >= 0.3 is 5.97 Å². The van der Waals surface area contributed by atoms with Crippen molar-refractivity contribution in [2.24, 2.45) is 0 Å². The molecule has 0 saturated carbocycles. The average Bonchev–Trinajstić information content (AvgIpc) is 3.12. The second kappa shape index (κ2) is 7.92. The summed E-state index contributed by atoms with van der Waals surface area (Å²) in [6.07, 6.45) is 2.72. The van der Waals surface area contributed by atoms with Crippen LogP contribution in [0.3, 0.4) is 0 Å². The van der Waals surface area contributed by atoms with Crippen molar-refractivity contribution in [1.82, 2.24) is 9.55 Å². The van der Waals surface area contributed by atoms with Gasteiger partial charge in [0.05, 0.1) is 18.2 Å². The molecule has 0 bridgehead atoms. The summed E-state index contributed by atoms with van der Waals surface area (Å²) in [7, 11) is 0. The Morgan fingerprint density at radius 1 is 1.15 bits per heavy atom. The minimum Gasteiger partial charge on any atom is -0.451 e. The lowest BCUT2D eigenvalue weighted by molar-refractivity contribution is -0.119. The quantitative estimate of drug-likeness (QED) is 0.644. The number of rotatable bonds is 5. The summed E-state index contributed by atoms with van der Waals surface area (Å²) in [6, 6.07) is 12.6. The van der Waals surface area contributed by atoms with E-state index in [9.17, 15) is 14.0 Å². The number of imidazole rings is 1. The fourth-order valence-corrected chi connectivity index (χ4v) is 2.59. The first-order valence-corrected chi connectivity index (χ1v) is 8.33. The molecule has 26 heavy (non-hydrogen) atoms. The highest BCUT2D eigenvalue weighted by Gasteiger charge is 2.16. The lowest BCUT2D eigenvalue weighted by atomic mass is 10.3. The first-order valence-electron chi connectivity index (χ1n) is 7.54. The number of carbonyl (C=O) groups is 2. The van der Waals surface area contributed by atoms with Crippen LogP contribution < -0.4 is 5.32 Å². The molecule has 0 aliphatic rings. The fourth-order valence-electron chi connectivity index (χ4n) is 2.21. The Hall–Kier alpha value is -3.00. The number of ether oxygens (including phenoxy) is 1. The second-order valence-electron chi connectivity index (χ2n) is 5.23. The van der Waals surface area contributed by atoms with E-state index in [-0.39, 0.29) is 11.5 Å². The number of para-hydroxylation sites is 1. The predicted molar refractivity (Wildman–Crippen MR) is 96.6 cm³/mol. The molecule has 1 aromatic heterocycles. The monoisotopic (exact) mass is 417 g/mol. The van der Waals surface area contributed by atoms with Gasteiger partial charge in [-0.05, 0) is 52.3 Å². The van der Waals surface area contributed by atoms with E-state index in [1.54, 1.807) is 18.2 Å². The predicted octanol–water partition coefficient (Wildman–Crippen LogP) is 3.57. The van der Waals surface area contributed by atoms with E-state index in [0.29, 0.717) is 15.8 Å². The molecule has 0 aliphatic carbocycles. The molecule has 6 nitrogen and oxygen atoms in total. The van der Waals surface area contributed by atoms with Crippen molar-refractivity contribution in [2.75, 3.05) is 11.9 Å². The number of aromatic nitrogens is 2. The minimum atomic E-state index is -0.714. The lowest BCUT2D eigenvalue weighted by Crippen LogP contribution is -2.22. The molecule has 1 amide bonds. The van der Waals surface area contributed by atoms with Crippen LogP contribution in [0.1, 0.15) is 10.5 Å². The number of anilines is 1. The summed E-state index contributed by atoms with van der Waals surface area (Å²) in [6.45, 7) is -0.450. The van der Waals surface area contributed by atoms with E-state index < -0.39 is 18.5 Å². The van der Waals surface area contributed by atoms with Gasteiger partial charge in [-0.25, -0.2) is 14.2 Å². The number of hydrogen-bond donors (Lipinski definition) is 1. The van der Waals surface area contributed by atoms with Gasteiger partial charge in [0, 0.05) is 10.2 Å². The fraction of sp³-hybridized carbons (Fsp3) is 0.0556. The van der Waals surface area contributed by atoms with Gasteiger partial charge in [0.15, 0.2) is 12.3 Å². The Bertz CT molecular complexity index is 941. The molecule has 132 valence electrons. The van der Waals surface area contributed by atoms with E-state index >= 15 is 0 Å². The molecule has 3 aromatic rings. The molecule has 0 radical (unpaired) electrons. The van der Waals surface area contributed by atoms with Crippen molar-refractivity contribution < 1.29 is 18.7 Å². The van der Waals surface area contributed by atoms with Gasteiger partial charge in [0.2, 0.25) is 0 Å². The molecule has 1 N–H and O–H groups in total. The normalized spacial score (nSPS) is 10.4. The summed E-state index contributed by atoms with van der Waals surface area (Å²) in [5, 5.41) is 2.64. The van der Waals surface area contributed by atoms with Gasteiger partial charge < -0.3 is 10.1 Å². The second-order valence-corrected chi connectivity index (χ2v) is 6.08. The van der Waals surface area contributed by atoms with Gasteiger partial charge in [-0.15, -0.1) is 0 Å². The van der Waals surface area contributed by atoms with Gasteiger partial charge in [0.25, 0.3) is 5.91 Å². The van der Waals surface area contributed by atoms with Crippen LogP contribution >= 0.6 is 15.9 Å². The maximum Gasteiger partial charge on any atom is 0.357 e. The Morgan fingerprint density at radius 3 is 2.62 bits per heavy atom. The zero-order chi connectivity index (χ0) is 18.5. The minimum absolute atomic E-state index is 0.130. The third-order valence-corrected chi connectivity index (χ3v) is 4.13. The molecule has 0 unspecified atom stereocenters. The number of esters is 1. The number of halogens is 2. The Morgan fingerprint density at radius 2 is 1.88 bits per heavy atom. The van der Waals surface area contributed by atoms with Crippen LogP contribution in [-0.2, 0) is 9.53 Å². The first kappa shape index (κ1) is 17.8. The van der Waals surface area contributed by atoms with Crippen molar-refractivity contribution in [3.8, 4) is 5.69 Å². The molecule has 1 heterocycles. The van der Waals surface area contributed by atoms with Crippen molar-refractivity contribution >= 4 is 33.5 Å². The number of benzene rings is 2. The molecule has 8 heteroatoms. The number of hydrogen-bond acceptors (Lipinski definition) is 4. The molecule has 0 saturated heterocycles. The van der Waals surface area contributed by atoms with Crippen LogP contribution in [0.4, 0.5) is 10.1 Å². The molecule has 0 aliphatic heterocycles. The number of amides is 1. The molecule has 2 aromatic carbocycles. The summed E-state index contributed by atoms with van der Waals surface area (Å²) >= 11 is 3.32. The maximum atomic E-state index is 13.0. The number of carbonyl (C=O) groups excluding carboxylic acids is 2. The molecule has 0 atom stereocenters. The smallest absolute Gasteiger partial charge is 0.357 e. The van der Waals surface area contributed by atoms with Crippen LogP contribution in [0.2, 0.25) is 0 Å². The number of nitrogens with one attached hydrogen (secondary N) is 1. The highest BCUT2D eigenvalue weighted by atomic mass is 79.9. The van der Waals surface area contributed by atoms with Crippen molar-refractivity contribution in [2.45, 2.75) is 0 Å². The van der Waals surface area contributed by atoms with Crippen molar-refractivity contribution in [3.05, 3.63) is 77.0 Å². The van der Waals surface area contributed by atoms with Gasteiger partial charge in [-0.1, -0.05) is 12.1 Å². The van der Waals surface area contributed by atoms with E-state index in [4.69, 9.17) is 4.74 Å². The summed E-state index contributed by atoms with van der Waals surface area (Å²) in [5.74, 6) is -1.58. The number of nitrogens with zero attached hydrogens (tertiary/aromatic N) is 2. The maximum absolute atomic E-state index is 13.0. The summed E-state index contributed by atoms with van der Waals surface area (Å²) in [4.78, 5) is 28.1. The van der Waals surface area contributed by atoms with E-state index in [2.05, 4.69) is 26.2 Å². The largest absolute Gasteiger partial charge is 0.451 e. The van der Waals surface area contributed by atoms with E-state index in [1.807, 2.05) is 6.07 Å². The van der Waals surface area contributed by atoms with Crippen LogP contribution in [0.25, 0.3) is 5.69 Å². The molecule has 0 spiro atoms. The lowest BCUT2D eigenvalue weighted by Gasteiger charge is -2.09. The molecular weight excluding hydrogens is 405 g/mol. The van der Waals surface area contributed by atoms with Crippen molar-refractivity contribution in [1.29, 1.82) is 0 Å². The van der Waals surface area contributed by atoms with Gasteiger partial charge in [-0.3, -0.25) is 9.36 Å². The molecule has 3 rings (SSSR count). The van der Waals surface area contributed by atoms with Crippen LogP contribution in [0.15, 0.2) is 65.5 Å². The van der Waals surface area contributed by atoms with Gasteiger partial charge in [0.1, 0.15) is 5.82 Å². The average molecular weight is 418 g/mol. The summed E-state index contributed by atoms with van der Waals surface area (Å²) < 4.78 is 20.3. The third kappa shape index (κ3) is 4.15. The highest BCUT2D eigenvalue weighted by molar-refractivity contribution is 9.10. The molecule has 0 fully saturated rings. The Balaban J connectivity index is 1.64. The third-order valence-electron chi connectivity index (χ3n) is 3.43. The molecular formula is C18H13BrFN3O3. The highest BCUT2D eigenvalue weighted by Crippen LogP contribution is 2.21. The summed E-state index contributed by atoms with van der Waals surface area (Å²) in [5.41, 5.74) is 1.25. The first-order chi connectivity index (χ1) is 12.5. The zero-order valence-electron chi connectivity index (χ0n) is 13.4. The van der Waals surface area contributed by atoms with Crippen LogP contribution in [0, 0.1) is 5.82 Å². The standard InChI is InChI=1S/C18H13BrFN3O3/c19-14-3-1-2-4-15(14)22-17(24)10-26-18(25)16-9-21-11-23(16)13-7-5-12(20)6-8-13/h1-9,11H,10H2,(H,22,24). The zero-order valence-corrected chi connectivity index (χ0v) is 14.9. The van der Waals surface area contributed by atoms with Crippen LogP contribution in [0.5, 0.6) is 0 Å². The Kier molecular flexibility index (Phi) is 5.43. The van der Waals surface area contributed by atoms with Gasteiger partial charge in [-0.2, -0.15) is 0 Å². The topological polar surface area (TPSA) is 73.2 Å². The van der Waals surface area contributed by atoms with Crippen LogP contribution in [-0.4, -0.2) is 28.0 Å². The van der Waals surface area contributed by atoms with Crippen molar-refractivity contribution in [3.63, 3.8) is 0 Å².